The molecule has 4 heteroatoms. The highest BCUT2D eigenvalue weighted by atomic mass is 15.0. The van der Waals surface area contributed by atoms with Crippen LogP contribution >= 0.6 is 0 Å². The number of para-hydroxylation sites is 2. The average Bonchev–Trinajstić information content (AvgIpc) is 3.48. The van der Waals surface area contributed by atoms with Crippen LogP contribution in [0.3, 0.4) is 0 Å². The maximum atomic E-state index is 9.29. The molecule has 0 saturated heterocycles. The van der Waals surface area contributed by atoms with Crippen molar-refractivity contribution in [2.45, 2.75) is 0 Å². The Balaban J connectivity index is 1.24. The number of hydrogen-bond donors (Lipinski definition) is 1. The zero-order valence-corrected chi connectivity index (χ0v) is 25.6. The van der Waals surface area contributed by atoms with Crippen LogP contribution in [-0.2, 0) is 0 Å². The second-order valence-electron chi connectivity index (χ2n) is 11.4. The summed E-state index contributed by atoms with van der Waals surface area (Å²) in [6, 6.07) is 58.0. The summed E-state index contributed by atoms with van der Waals surface area (Å²) in [6.45, 7) is 0. The third-order valence-electron chi connectivity index (χ3n) is 8.58. The number of nitrogens with zero attached hydrogens (tertiary/aromatic N) is 3. The molecule has 0 aliphatic carbocycles. The molecule has 8 aromatic rings. The molecule has 0 bridgehead atoms. The molecule has 0 aliphatic rings. The van der Waals surface area contributed by atoms with E-state index in [1.54, 1.807) is 6.21 Å². The number of amidine groups is 2. The predicted octanol–water partition coefficient (Wildman–Crippen LogP) is 10.5. The van der Waals surface area contributed by atoms with Crippen molar-refractivity contribution in [3.8, 4) is 16.8 Å². The van der Waals surface area contributed by atoms with E-state index in [0.29, 0.717) is 5.84 Å². The van der Waals surface area contributed by atoms with Gasteiger partial charge in [0.15, 0.2) is 11.7 Å². The van der Waals surface area contributed by atoms with Crippen molar-refractivity contribution in [3.05, 3.63) is 187 Å². The fraction of sp³-hybridized carbons (Fsp3) is 0. The van der Waals surface area contributed by atoms with Gasteiger partial charge >= 0.3 is 0 Å². The first kappa shape index (κ1) is 28.1. The fourth-order valence-corrected chi connectivity index (χ4v) is 6.32. The van der Waals surface area contributed by atoms with Crippen molar-refractivity contribution >= 4 is 50.5 Å². The van der Waals surface area contributed by atoms with Crippen LogP contribution in [-0.4, -0.2) is 22.5 Å². The van der Waals surface area contributed by atoms with E-state index in [2.05, 4.69) is 102 Å². The Labute approximate surface area is 273 Å². The first-order chi connectivity index (χ1) is 23.2. The van der Waals surface area contributed by atoms with Crippen molar-refractivity contribution in [2.24, 2.45) is 9.98 Å². The van der Waals surface area contributed by atoms with Gasteiger partial charge in [0, 0.05) is 33.5 Å². The number of benzene rings is 7. The number of aromatic nitrogens is 1. The van der Waals surface area contributed by atoms with E-state index in [-0.39, 0.29) is 5.84 Å². The highest BCUT2D eigenvalue weighted by Gasteiger charge is 2.16. The molecule has 0 fully saturated rings. The molecular formula is C43H30N4. The summed E-state index contributed by atoms with van der Waals surface area (Å²) in [7, 11) is 0. The summed E-state index contributed by atoms with van der Waals surface area (Å²) in [5.74, 6) is 0.635. The monoisotopic (exact) mass is 602 g/mol. The molecular weight excluding hydrogens is 573 g/mol. The predicted molar refractivity (Wildman–Crippen MR) is 198 cm³/mol. The maximum absolute atomic E-state index is 9.29. The minimum atomic E-state index is 0.155. The fourth-order valence-electron chi connectivity index (χ4n) is 6.32. The Kier molecular flexibility index (Phi) is 7.29. The van der Waals surface area contributed by atoms with Crippen molar-refractivity contribution in [3.63, 3.8) is 0 Å². The van der Waals surface area contributed by atoms with Crippen LogP contribution in [0.2, 0.25) is 0 Å². The largest absolute Gasteiger partial charge is 0.309 e. The van der Waals surface area contributed by atoms with Gasteiger partial charge in [-0.25, -0.2) is 9.98 Å². The lowest BCUT2D eigenvalue weighted by atomic mass is 10.0. The first-order valence-electron chi connectivity index (χ1n) is 15.7. The second-order valence-corrected chi connectivity index (χ2v) is 11.4. The second kappa shape index (κ2) is 12.2. The van der Waals surface area contributed by atoms with Crippen molar-refractivity contribution < 1.29 is 0 Å². The number of aliphatic imine (C=N–C) groups is 2. The molecule has 0 saturated carbocycles. The molecule has 1 heterocycles. The Bertz CT molecular complexity index is 2400. The summed E-state index contributed by atoms with van der Waals surface area (Å²) in [5, 5.41) is 13.7. The van der Waals surface area contributed by atoms with Gasteiger partial charge in [-0.05, 0) is 46.3 Å². The Morgan fingerprint density at radius 2 is 1.02 bits per heavy atom. The van der Waals surface area contributed by atoms with Crippen LogP contribution in [0.4, 0.5) is 0 Å². The minimum absolute atomic E-state index is 0.155. The van der Waals surface area contributed by atoms with E-state index in [1.807, 2.05) is 72.8 Å². The number of fused-ring (bicyclic) bond motifs is 4. The van der Waals surface area contributed by atoms with Gasteiger partial charge in [0.25, 0.3) is 0 Å². The first-order valence-corrected chi connectivity index (χ1v) is 15.7. The number of nitrogens with one attached hydrogen (secondary N) is 1. The molecule has 0 amide bonds. The van der Waals surface area contributed by atoms with Crippen LogP contribution < -0.4 is 0 Å². The number of rotatable bonds is 5. The van der Waals surface area contributed by atoms with Crippen LogP contribution in [0.15, 0.2) is 180 Å². The maximum Gasteiger partial charge on any atom is 0.161 e. The van der Waals surface area contributed by atoms with Crippen molar-refractivity contribution in [2.75, 3.05) is 0 Å². The summed E-state index contributed by atoms with van der Waals surface area (Å²) >= 11 is 0. The highest BCUT2D eigenvalue weighted by molar-refractivity contribution is 6.18. The SMILES string of the molecule is N=C(N=C(N=Cc1ccccc1)c1ccc(-c2ccccc2)cc1)c1ccc(-n2c3ccccc3c3ccccc32)c2ccccc12. The molecule has 47 heavy (non-hydrogen) atoms. The van der Waals surface area contributed by atoms with E-state index in [1.165, 1.54) is 10.8 Å². The summed E-state index contributed by atoms with van der Waals surface area (Å²) < 4.78 is 2.33. The zero-order chi connectivity index (χ0) is 31.6. The smallest absolute Gasteiger partial charge is 0.161 e. The van der Waals surface area contributed by atoms with E-state index in [0.717, 1.165) is 55.3 Å². The van der Waals surface area contributed by atoms with E-state index in [4.69, 9.17) is 9.98 Å². The van der Waals surface area contributed by atoms with Crippen LogP contribution in [0.5, 0.6) is 0 Å². The summed E-state index contributed by atoms with van der Waals surface area (Å²) in [6.07, 6.45) is 1.81. The topological polar surface area (TPSA) is 53.5 Å². The third kappa shape index (κ3) is 5.32. The standard InChI is InChI=1S/C43H30N4/c44-42(46-43(45-29-30-13-3-1-4-14-30)33-25-23-32(24-26-33)31-15-5-2-6-16-31)38-27-28-41(35-18-8-7-17-34(35)38)47-39-21-11-9-19-36(39)37-20-10-12-22-40(37)47/h1-29,44H. The molecule has 7 aromatic carbocycles. The van der Waals surface area contributed by atoms with E-state index >= 15 is 0 Å². The molecule has 0 aliphatic heterocycles. The zero-order valence-electron chi connectivity index (χ0n) is 25.6. The van der Waals surface area contributed by atoms with Gasteiger partial charge in [0.2, 0.25) is 0 Å². The molecule has 1 N–H and O–H groups in total. The molecule has 0 unspecified atom stereocenters. The Hall–Kier alpha value is -6.39. The van der Waals surface area contributed by atoms with Gasteiger partial charge in [-0.3, -0.25) is 5.41 Å². The normalized spacial score (nSPS) is 12.0. The molecule has 1 aromatic heterocycles. The lowest BCUT2D eigenvalue weighted by Gasteiger charge is -2.14. The van der Waals surface area contributed by atoms with Crippen molar-refractivity contribution in [1.29, 1.82) is 5.41 Å². The van der Waals surface area contributed by atoms with Gasteiger partial charge in [-0.2, -0.15) is 0 Å². The molecule has 0 radical (unpaired) electrons. The molecule has 222 valence electrons. The third-order valence-corrected chi connectivity index (χ3v) is 8.58. The average molecular weight is 603 g/mol. The van der Waals surface area contributed by atoms with Crippen LogP contribution in [0.1, 0.15) is 16.7 Å². The quantitative estimate of drug-likeness (QED) is 0.151. The van der Waals surface area contributed by atoms with Crippen LogP contribution in [0, 0.1) is 5.41 Å². The lowest BCUT2D eigenvalue weighted by Crippen LogP contribution is -2.06. The highest BCUT2D eigenvalue weighted by Crippen LogP contribution is 2.35. The van der Waals surface area contributed by atoms with Gasteiger partial charge in [-0.15, -0.1) is 0 Å². The summed E-state index contributed by atoms with van der Waals surface area (Å²) in [5.41, 5.74) is 8.18. The minimum Gasteiger partial charge on any atom is -0.309 e. The molecule has 8 rings (SSSR count). The van der Waals surface area contributed by atoms with Crippen molar-refractivity contribution in [1.82, 2.24) is 4.57 Å². The Morgan fingerprint density at radius 1 is 0.489 bits per heavy atom. The number of hydrogen-bond acceptors (Lipinski definition) is 1. The van der Waals surface area contributed by atoms with Gasteiger partial charge < -0.3 is 4.57 Å². The molecule has 4 nitrogen and oxygen atoms in total. The van der Waals surface area contributed by atoms with Gasteiger partial charge in [-0.1, -0.05) is 146 Å². The van der Waals surface area contributed by atoms with Gasteiger partial charge in [0.1, 0.15) is 0 Å². The summed E-state index contributed by atoms with van der Waals surface area (Å²) in [4.78, 5) is 9.69. The van der Waals surface area contributed by atoms with Crippen LogP contribution in [0.25, 0.3) is 49.4 Å². The molecule has 0 atom stereocenters. The van der Waals surface area contributed by atoms with E-state index < -0.39 is 0 Å². The molecule has 0 spiro atoms. The Morgan fingerprint density at radius 3 is 1.68 bits per heavy atom. The van der Waals surface area contributed by atoms with Gasteiger partial charge in [0.05, 0.1) is 16.7 Å². The van der Waals surface area contributed by atoms with E-state index in [9.17, 15) is 5.41 Å². The lowest BCUT2D eigenvalue weighted by molar-refractivity contribution is 1.20.